The number of ketones is 1. The zero-order chi connectivity index (χ0) is 22.0. The molecule has 2 aromatic carbocycles. The number of ether oxygens (including phenoxy) is 2. The summed E-state index contributed by atoms with van der Waals surface area (Å²) < 4.78 is 11.3. The Morgan fingerprint density at radius 2 is 1.68 bits per heavy atom. The van der Waals surface area contributed by atoms with Crippen molar-refractivity contribution in [2.75, 3.05) is 26.3 Å². The topological polar surface area (TPSA) is 55.8 Å². The third-order valence-corrected chi connectivity index (χ3v) is 6.66. The Balaban J connectivity index is 1.36. The molecule has 4 rings (SSSR count). The normalized spacial score (nSPS) is 16.7. The van der Waals surface area contributed by atoms with Crippen LogP contribution in [0.25, 0.3) is 0 Å². The molecule has 0 saturated carbocycles. The number of fused-ring (bicyclic) bond motifs is 1. The minimum absolute atomic E-state index is 0.00555. The zero-order valence-electron chi connectivity index (χ0n) is 16.8. The molecule has 31 heavy (non-hydrogen) atoms. The van der Waals surface area contributed by atoms with Gasteiger partial charge in [0, 0.05) is 31.0 Å². The molecule has 2 heterocycles. The predicted octanol–water partition coefficient (Wildman–Crippen LogP) is 5.47. The Hall–Kier alpha value is -1.95. The molecule has 5 nitrogen and oxygen atoms in total. The van der Waals surface area contributed by atoms with Crippen LogP contribution in [0.4, 0.5) is 0 Å². The molecule has 164 valence electrons. The van der Waals surface area contributed by atoms with E-state index in [1.165, 1.54) is 0 Å². The second-order valence-corrected chi connectivity index (χ2v) is 9.00. The molecule has 0 unspecified atom stereocenters. The highest BCUT2D eigenvalue weighted by Crippen LogP contribution is 2.38. The van der Waals surface area contributed by atoms with Gasteiger partial charge in [-0.15, -0.1) is 0 Å². The van der Waals surface area contributed by atoms with Crippen LogP contribution in [-0.2, 0) is 11.2 Å². The summed E-state index contributed by atoms with van der Waals surface area (Å²) in [7, 11) is 0. The van der Waals surface area contributed by atoms with E-state index < -0.39 is 0 Å². The van der Waals surface area contributed by atoms with Crippen LogP contribution >= 0.6 is 34.8 Å². The van der Waals surface area contributed by atoms with Crippen molar-refractivity contribution in [2.45, 2.75) is 25.7 Å². The van der Waals surface area contributed by atoms with Gasteiger partial charge in [0.05, 0.1) is 34.7 Å². The van der Waals surface area contributed by atoms with Crippen molar-refractivity contribution in [3.05, 3.63) is 56.5 Å². The van der Waals surface area contributed by atoms with Crippen LogP contribution in [0.2, 0.25) is 15.1 Å². The van der Waals surface area contributed by atoms with E-state index in [0.29, 0.717) is 71.3 Å². The fourth-order valence-corrected chi connectivity index (χ4v) is 4.53. The third-order valence-electron chi connectivity index (χ3n) is 5.64. The first-order valence-electron chi connectivity index (χ1n) is 10.3. The molecular weight excluding hydrogens is 461 g/mol. The van der Waals surface area contributed by atoms with Gasteiger partial charge in [-0.3, -0.25) is 9.59 Å². The van der Waals surface area contributed by atoms with Gasteiger partial charge in [0.15, 0.2) is 17.3 Å². The highest BCUT2D eigenvalue weighted by atomic mass is 35.5. The Bertz CT molecular complexity index is 1000. The molecule has 0 aliphatic carbocycles. The van der Waals surface area contributed by atoms with Gasteiger partial charge in [0.2, 0.25) is 5.91 Å². The molecule has 8 heteroatoms. The maximum absolute atomic E-state index is 12.8. The molecule has 0 spiro atoms. The van der Waals surface area contributed by atoms with Gasteiger partial charge in [0.1, 0.15) is 0 Å². The first-order chi connectivity index (χ1) is 14.9. The lowest BCUT2D eigenvalue weighted by molar-refractivity contribution is -0.131. The average molecular weight is 483 g/mol. The van der Waals surface area contributed by atoms with Gasteiger partial charge in [-0.2, -0.15) is 0 Å². The zero-order valence-corrected chi connectivity index (χ0v) is 19.1. The number of carbonyl (C=O) groups is 2. The number of halogens is 3. The van der Waals surface area contributed by atoms with E-state index in [-0.39, 0.29) is 24.0 Å². The highest BCUT2D eigenvalue weighted by Gasteiger charge is 2.28. The predicted molar refractivity (Wildman–Crippen MR) is 121 cm³/mol. The van der Waals surface area contributed by atoms with E-state index in [2.05, 4.69) is 0 Å². The molecular formula is C23H22Cl3NO4. The van der Waals surface area contributed by atoms with Gasteiger partial charge in [-0.05, 0) is 48.7 Å². The number of nitrogens with zero attached hydrogens (tertiary/aromatic N) is 1. The van der Waals surface area contributed by atoms with Crippen molar-refractivity contribution in [2.24, 2.45) is 5.92 Å². The van der Waals surface area contributed by atoms with Gasteiger partial charge in [0.25, 0.3) is 0 Å². The highest BCUT2D eigenvalue weighted by molar-refractivity contribution is 6.42. The monoisotopic (exact) mass is 481 g/mol. The van der Waals surface area contributed by atoms with Gasteiger partial charge in [-0.1, -0.05) is 34.8 Å². The van der Waals surface area contributed by atoms with E-state index in [4.69, 9.17) is 44.3 Å². The van der Waals surface area contributed by atoms with Crippen molar-refractivity contribution in [3.8, 4) is 11.5 Å². The average Bonchev–Trinajstić information content (AvgIpc) is 3.01. The fourth-order valence-electron chi connectivity index (χ4n) is 3.95. The number of likely N-dealkylation sites (tertiary alicyclic amines) is 1. The summed E-state index contributed by atoms with van der Waals surface area (Å²) in [6.45, 7) is 2.19. The second-order valence-electron chi connectivity index (χ2n) is 7.78. The quantitative estimate of drug-likeness (QED) is 0.542. The van der Waals surface area contributed by atoms with Gasteiger partial charge in [-0.25, -0.2) is 0 Å². The Morgan fingerprint density at radius 1 is 0.935 bits per heavy atom. The first kappa shape index (κ1) is 22.3. The van der Waals surface area contributed by atoms with E-state index in [1.807, 2.05) is 6.07 Å². The summed E-state index contributed by atoms with van der Waals surface area (Å²) in [5, 5.41) is 1.25. The Kier molecular flexibility index (Phi) is 6.95. The van der Waals surface area contributed by atoms with Crippen LogP contribution in [0.5, 0.6) is 11.5 Å². The fraction of sp³-hybridized carbons (Fsp3) is 0.391. The molecule has 2 aromatic rings. The third kappa shape index (κ3) is 5.11. The maximum atomic E-state index is 12.8. The number of carbonyl (C=O) groups excluding carboxylic acids is 2. The first-order valence-corrected chi connectivity index (χ1v) is 11.4. The number of hydrogen-bond acceptors (Lipinski definition) is 4. The number of amides is 1. The largest absolute Gasteiger partial charge is 0.489 e. The molecule has 0 atom stereocenters. The number of hydrogen-bond donors (Lipinski definition) is 0. The van der Waals surface area contributed by atoms with E-state index >= 15 is 0 Å². The second kappa shape index (κ2) is 9.68. The lowest BCUT2D eigenvalue weighted by Gasteiger charge is -2.31. The SMILES string of the molecule is O=C(c1ccc(Cl)c(Cl)c1)C1CCN(C(=O)Cc2cc(Cl)c3c(c2)OCCCO3)CC1. The number of benzene rings is 2. The molecule has 2 aliphatic heterocycles. The summed E-state index contributed by atoms with van der Waals surface area (Å²) >= 11 is 18.3. The standard InChI is InChI=1S/C23H22Cl3NO4/c24-17-3-2-16(13-18(17)25)22(29)15-4-6-27(7-5-15)21(28)12-14-10-19(26)23-20(11-14)30-8-1-9-31-23/h2-3,10-11,13,15H,1,4-9,12H2. The minimum atomic E-state index is -0.131. The minimum Gasteiger partial charge on any atom is -0.489 e. The van der Waals surface area contributed by atoms with Crippen molar-refractivity contribution in [3.63, 3.8) is 0 Å². The summed E-state index contributed by atoms with van der Waals surface area (Å²) in [6.07, 6.45) is 2.25. The van der Waals surface area contributed by atoms with Crippen molar-refractivity contribution >= 4 is 46.5 Å². The maximum Gasteiger partial charge on any atom is 0.226 e. The molecule has 0 aromatic heterocycles. The molecule has 0 radical (unpaired) electrons. The molecule has 1 amide bonds. The van der Waals surface area contributed by atoms with E-state index in [9.17, 15) is 9.59 Å². The summed E-state index contributed by atoms with van der Waals surface area (Å²) in [6, 6.07) is 8.52. The molecule has 1 saturated heterocycles. The lowest BCUT2D eigenvalue weighted by Crippen LogP contribution is -2.41. The van der Waals surface area contributed by atoms with Crippen LogP contribution in [-0.4, -0.2) is 42.9 Å². The molecule has 0 bridgehead atoms. The summed E-state index contributed by atoms with van der Waals surface area (Å²) in [5.41, 5.74) is 1.34. The van der Waals surface area contributed by atoms with E-state index in [0.717, 1.165) is 12.0 Å². The molecule has 1 fully saturated rings. The van der Waals surface area contributed by atoms with Crippen molar-refractivity contribution in [1.29, 1.82) is 0 Å². The summed E-state index contributed by atoms with van der Waals surface area (Å²) in [4.78, 5) is 27.4. The van der Waals surface area contributed by atoms with Crippen molar-refractivity contribution < 1.29 is 19.1 Å². The number of Topliss-reactive ketones (excluding diaryl/α,β-unsaturated/α-hetero) is 1. The Labute approximate surface area is 196 Å². The molecule has 2 aliphatic rings. The van der Waals surface area contributed by atoms with Crippen LogP contribution in [0.1, 0.15) is 35.2 Å². The smallest absolute Gasteiger partial charge is 0.226 e. The Morgan fingerprint density at radius 3 is 2.42 bits per heavy atom. The summed E-state index contributed by atoms with van der Waals surface area (Å²) in [5.74, 6) is 1.04. The van der Waals surface area contributed by atoms with Crippen LogP contribution in [0, 0.1) is 5.92 Å². The lowest BCUT2D eigenvalue weighted by atomic mass is 9.88. The van der Waals surface area contributed by atoms with Crippen LogP contribution < -0.4 is 9.47 Å². The van der Waals surface area contributed by atoms with Gasteiger partial charge >= 0.3 is 0 Å². The van der Waals surface area contributed by atoms with Crippen LogP contribution in [0.3, 0.4) is 0 Å². The van der Waals surface area contributed by atoms with Crippen LogP contribution in [0.15, 0.2) is 30.3 Å². The van der Waals surface area contributed by atoms with Crippen molar-refractivity contribution in [1.82, 2.24) is 4.90 Å². The molecule has 0 N–H and O–H groups in total. The number of piperidine rings is 1. The number of rotatable bonds is 4. The van der Waals surface area contributed by atoms with E-state index in [1.54, 1.807) is 29.2 Å². The van der Waals surface area contributed by atoms with Gasteiger partial charge < -0.3 is 14.4 Å².